The average molecular weight is 434 g/mol. The Balaban J connectivity index is 1.84. The van der Waals surface area contributed by atoms with E-state index in [0.717, 1.165) is 17.3 Å². The molecule has 4 aromatic rings. The number of hydrogen-bond donors (Lipinski definition) is 3. The number of nitrogen functional groups attached to an aromatic ring is 1. The van der Waals surface area contributed by atoms with Gasteiger partial charge in [0.15, 0.2) is 0 Å². The molecule has 4 rings (SSSR count). The summed E-state index contributed by atoms with van der Waals surface area (Å²) in [7, 11) is 0. The Bertz CT molecular complexity index is 1370. The first kappa shape index (κ1) is 21.1. The summed E-state index contributed by atoms with van der Waals surface area (Å²) >= 11 is 0. The number of nitrogens with one attached hydrogen (secondary N) is 2. The van der Waals surface area contributed by atoms with Crippen molar-refractivity contribution in [3.8, 4) is 5.69 Å². The van der Waals surface area contributed by atoms with E-state index < -0.39 is 12.1 Å². The fourth-order valence-electron chi connectivity index (χ4n) is 3.66. The molecule has 0 radical (unpaired) electrons. The zero-order chi connectivity index (χ0) is 22.8. The van der Waals surface area contributed by atoms with Crippen LogP contribution in [0.3, 0.4) is 0 Å². The number of aromatic nitrogens is 3. The van der Waals surface area contributed by atoms with E-state index in [0.29, 0.717) is 16.8 Å². The smallest absolute Gasteiger partial charge is 0.280 e. The van der Waals surface area contributed by atoms with Crippen molar-refractivity contribution in [1.82, 2.24) is 14.5 Å². The zero-order valence-corrected chi connectivity index (χ0v) is 17.1. The van der Waals surface area contributed by atoms with E-state index >= 15 is 0 Å². The second-order valence-corrected chi connectivity index (χ2v) is 7.20. The van der Waals surface area contributed by atoms with Gasteiger partial charge in [-0.15, -0.1) is 0 Å². The molecule has 0 fully saturated rings. The lowest BCUT2D eigenvalue weighted by atomic mass is 10.1. The topological polar surface area (TPSA) is 110 Å². The standard InChI is InChI=1S/C23H20F2N6O/c1-13-6-5-7-14-10-16(31(23(32)17(13)14)15-8-3-2-4-9-15)11-28-22-18(19(26)20(24)25)21(27)29-12-30-22/h2-10,12,20,26H,11H2,1H3,(H3,27,28,29,30). The summed E-state index contributed by atoms with van der Waals surface area (Å²) in [6.45, 7) is 1.96. The molecule has 2 aromatic carbocycles. The van der Waals surface area contributed by atoms with Gasteiger partial charge in [0.05, 0.1) is 17.5 Å². The molecular formula is C23H20F2N6O. The van der Waals surface area contributed by atoms with Crippen LogP contribution in [0, 0.1) is 12.3 Å². The first-order valence-corrected chi connectivity index (χ1v) is 9.79. The molecule has 2 aromatic heterocycles. The average Bonchev–Trinajstić information content (AvgIpc) is 2.77. The molecule has 0 bridgehead atoms. The molecule has 0 aliphatic carbocycles. The van der Waals surface area contributed by atoms with Gasteiger partial charge in [0.25, 0.3) is 12.0 Å². The lowest BCUT2D eigenvalue weighted by Gasteiger charge is -2.18. The van der Waals surface area contributed by atoms with E-state index in [1.54, 1.807) is 4.57 Å². The van der Waals surface area contributed by atoms with Crippen LogP contribution in [-0.2, 0) is 6.54 Å². The molecule has 2 heterocycles. The van der Waals surface area contributed by atoms with Crippen molar-refractivity contribution >= 4 is 28.1 Å². The molecule has 7 nitrogen and oxygen atoms in total. The first-order valence-electron chi connectivity index (χ1n) is 9.79. The highest BCUT2D eigenvalue weighted by molar-refractivity contribution is 6.07. The van der Waals surface area contributed by atoms with E-state index in [9.17, 15) is 13.6 Å². The number of pyridine rings is 1. The van der Waals surface area contributed by atoms with Gasteiger partial charge in [-0.25, -0.2) is 18.7 Å². The van der Waals surface area contributed by atoms with Crippen molar-refractivity contribution < 1.29 is 8.78 Å². The Hall–Kier alpha value is -4.14. The molecule has 4 N–H and O–H groups in total. The molecule has 0 aliphatic rings. The lowest BCUT2D eigenvalue weighted by Crippen LogP contribution is -2.25. The summed E-state index contributed by atoms with van der Waals surface area (Å²) in [6.07, 6.45) is -1.90. The molecule has 0 unspecified atom stereocenters. The lowest BCUT2D eigenvalue weighted by molar-refractivity contribution is 0.225. The van der Waals surface area contributed by atoms with E-state index in [1.807, 2.05) is 61.5 Å². The number of benzene rings is 2. The van der Waals surface area contributed by atoms with Crippen LogP contribution < -0.4 is 16.6 Å². The molecule has 0 atom stereocenters. The van der Waals surface area contributed by atoms with Crippen molar-refractivity contribution in [2.75, 3.05) is 11.1 Å². The summed E-state index contributed by atoms with van der Waals surface area (Å²) in [6, 6.07) is 16.6. The summed E-state index contributed by atoms with van der Waals surface area (Å²) in [4.78, 5) is 21.2. The molecule has 0 aliphatic heterocycles. The molecule has 0 saturated carbocycles. The Labute approximate surface area is 182 Å². The highest BCUT2D eigenvalue weighted by atomic mass is 19.3. The number of anilines is 2. The van der Waals surface area contributed by atoms with Gasteiger partial charge in [-0.1, -0.05) is 36.4 Å². The Morgan fingerprint density at radius 1 is 1.16 bits per heavy atom. The maximum absolute atomic E-state index is 13.5. The van der Waals surface area contributed by atoms with Crippen LogP contribution in [0.1, 0.15) is 16.8 Å². The normalized spacial score (nSPS) is 11.1. The number of hydrogen-bond acceptors (Lipinski definition) is 6. The van der Waals surface area contributed by atoms with Crippen molar-refractivity contribution in [3.05, 3.63) is 88.1 Å². The first-order chi connectivity index (χ1) is 15.4. The second-order valence-electron chi connectivity index (χ2n) is 7.20. The quantitative estimate of drug-likeness (QED) is 0.399. The van der Waals surface area contributed by atoms with E-state index in [-0.39, 0.29) is 29.3 Å². The van der Waals surface area contributed by atoms with Crippen molar-refractivity contribution in [2.24, 2.45) is 0 Å². The van der Waals surface area contributed by atoms with Gasteiger partial charge in [0, 0.05) is 11.4 Å². The highest BCUT2D eigenvalue weighted by Gasteiger charge is 2.22. The molecule has 162 valence electrons. The Kier molecular flexibility index (Phi) is 5.63. The van der Waals surface area contributed by atoms with Gasteiger partial charge in [0.1, 0.15) is 23.7 Å². The van der Waals surface area contributed by atoms with Gasteiger partial charge in [-0.3, -0.25) is 14.8 Å². The fraction of sp³-hybridized carbons (Fsp3) is 0.130. The number of alkyl halides is 2. The summed E-state index contributed by atoms with van der Waals surface area (Å²) in [5.41, 5.74) is 6.44. The number of aryl methyl sites for hydroxylation is 1. The minimum absolute atomic E-state index is 0.000741. The predicted octanol–water partition coefficient (Wildman–Crippen LogP) is 3.92. The Morgan fingerprint density at radius 2 is 1.91 bits per heavy atom. The largest absolute Gasteiger partial charge is 0.383 e. The summed E-state index contributed by atoms with van der Waals surface area (Å²) < 4.78 is 27.9. The predicted molar refractivity (Wildman–Crippen MR) is 121 cm³/mol. The number of para-hydroxylation sites is 1. The van der Waals surface area contributed by atoms with Crippen LogP contribution >= 0.6 is 0 Å². The summed E-state index contributed by atoms with van der Waals surface area (Å²) in [5.74, 6) is -0.221. The third-order valence-electron chi connectivity index (χ3n) is 5.15. The number of halogens is 2. The third-order valence-corrected chi connectivity index (χ3v) is 5.15. The number of rotatable bonds is 6. The van der Waals surface area contributed by atoms with Gasteiger partial charge in [-0.2, -0.15) is 0 Å². The second kappa shape index (κ2) is 8.54. The third kappa shape index (κ3) is 3.80. The number of nitrogens with zero attached hydrogens (tertiary/aromatic N) is 3. The van der Waals surface area contributed by atoms with Gasteiger partial charge >= 0.3 is 0 Å². The maximum Gasteiger partial charge on any atom is 0.280 e. The monoisotopic (exact) mass is 434 g/mol. The van der Waals surface area contributed by atoms with Crippen LogP contribution in [0.25, 0.3) is 16.5 Å². The summed E-state index contributed by atoms with van der Waals surface area (Å²) in [5, 5.41) is 12.0. The highest BCUT2D eigenvalue weighted by Crippen LogP contribution is 2.23. The maximum atomic E-state index is 13.5. The minimum Gasteiger partial charge on any atom is -0.383 e. The number of nitrogens with two attached hydrogens (primary N) is 1. The zero-order valence-electron chi connectivity index (χ0n) is 17.1. The van der Waals surface area contributed by atoms with Crippen LogP contribution in [0.4, 0.5) is 20.4 Å². The van der Waals surface area contributed by atoms with Crippen LogP contribution in [0.5, 0.6) is 0 Å². The van der Waals surface area contributed by atoms with Crippen molar-refractivity contribution in [2.45, 2.75) is 19.9 Å². The number of fused-ring (bicyclic) bond motifs is 1. The van der Waals surface area contributed by atoms with Crippen LogP contribution in [0.2, 0.25) is 0 Å². The molecule has 9 heteroatoms. The molecule has 32 heavy (non-hydrogen) atoms. The molecular weight excluding hydrogens is 414 g/mol. The SMILES string of the molecule is Cc1cccc2cc(CNc3ncnc(N)c3C(=N)C(F)F)n(-c3ccccc3)c(=O)c12. The molecule has 0 spiro atoms. The van der Waals surface area contributed by atoms with E-state index in [2.05, 4.69) is 15.3 Å². The fourth-order valence-corrected chi connectivity index (χ4v) is 3.66. The molecule has 0 amide bonds. The van der Waals surface area contributed by atoms with Gasteiger partial charge < -0.3 is 11.1 Å². The van der Waals surface area contributed by atoms with E-state index in [1.165, 1.54) is 0 Å². The van der Waals surface area contributed by atoms with Crippen LogP contribution in [-0.4, -0.2) is 26.7 Å². The van der Waals surface area contributed by atoms with Gasteiger partial charge in [0.2, 0.25) is 0 Å². The van der Waals surface area contributed by atoms with Crippen LogP contribution in [0.15, 0.2) is 65.7 Å². The molecule has 0 saturated heterocycles. The van der Waals surface area contributed by atoms with Crippen molar-refractivity contribution in [1.29, 1.82) is 5.41 Å². The van der Waals surface area contributed by atoms with E-state index in [4.69, 9.17) is 11.1 Å². The Morgan fingerprint density at radius 3 is 2.62 bits per heavy atom. The van der Waals surface area contributed by atoms with Gasteiger partial charge in [-0.05, 0) is 36.1 Å². The minimum atomic E-state index is -3.03. The van der Waals surface area contributed by atoms with Crippen molar-refractivity contribution in [3.63, 3.8) is 0 Å².